The lowest BCUT2D eigenvalue weighted by atomic mass is 9.85. The first-order chi connectivity index (χ1) is 18.6. The van der Waals surface area contributed by atoms with Crippen molar-refractivity contribution >= 4 is 34.8 Å². The summed E-state index contributed by atoms with van der Waals surface area (Å²) in [6.07, 6.45) is 1.45. The van der Waals surface area contributed by atoms with Gasteiger partial charge in [-0.15, -0.1) is 11.6 Å². The number of likely N-dealkylation sites (tertiary alicyclic amines) is 1. The molecular weight excluding hydrogens is 498 g/mol. The predicted molar refractivity (Wildman–Crippen MR) is 152 cm³/mol. The van der Waals surface area contributed by atoms with Gasteiger partial charge in [-0.3, -0.25) is 9.59 Å². The average molecular weight is 532 g/mol. The van der Waals surface area contributed by atoms with Crippen LogP contribution in [-0.2, 0) is 16.0 Å². The Kier molecular flexibility index (Phi) is 8.61. The summed E-state index contributed by atoms with van der Waals surface area (Å²) >= 11 is 6.09. The number of rotatable bonds is 7. The van der Waals surface area contributed by atoms with E-state index >= 15 is 0 Å². The lowest BCUT2D eigenvalue weighted by Gasteiger charge is -2.44. The number of morpholine rings is 1. The third-order valence-corrected chi connectivity index (χ3v) is 7.77. The van der Waals surface area contributed by atoms with E-state index in [1.54, 1.807) is 0 Å². The Morgan fingerprint density at radius 1 is 0.895 bits per heavy atom. The second kappa shape index (κ2) is 12.5. The zero-order valence-electron chi connectivity index (χ0n) is 21.5. The number of benzene rings is 3. The molecule has 0 saturated carbocycles. The number of halogens is 1. The van der Waals surface area contributed by atoms with Gasteiger partial charge in [0.1, 0.15) is 5.88 Å². The number of alkyl halides is 1. The van der Waals surface area contributed by atoms with Crippen LogP contribution in [0.5, 0.6) is 0 Å². The quantitative estimate of drug-likeness (QED) is 0.408. The first-order valence-electron chi connectivity index (χ1n) is 13.3. The van der Waals surface area contributed by atoms with Crippen molar-refractivity contribution < 1.29 is 14.3 Å². The average Bonchev–Trinajstić information content (AvgIpc) is 2.99. The SMILES string of the molecule is O=C(c1cccc(N2CCOCC2)c1)N1CCC(N(C(=O)CCl)c2ccccc2)C(Cc2ccccc2)C1. The number of carbonyl (C=O) groups is 2. The number of amides is 2. The molecule has 7 heteroatoms. The van der Waals surface area contributed by atoms with Gasteiger partial charge in [-0.25, -0.2) is 0 Å². The van der Waals surface area contributed by atoms with Crippen molar-refractivity contribution in [3.63, 3.8) is 0 Å². The maximum atomic E-state index is 13.8. The Balaban J connectivity index is 1.40. The maximum Gasteiger partial charge on any atom is 0.253 e. The van der Waals surface area contributed by atoms with Crippen molar-refractivity contribution in [3.8, 4) is 0 Å². The number of piperidine rings is 1. The highest BCUT2D eigenvalue weighted by Crippen LogP contribution is 2.31. The van der Waals surface area contributed by atoms with Crippen LogP contribution in [0, 0.1) is 5.92 Å². The van der Waals surface area contributed by atoms with Gasteiger partial charge < -0.3 is 19.4 Å². The lowest BCUT2D eigenvalue weighted by Crippen LogP contribution is -2.55. The molecule has 198 valence electrons. The van der Waals surface area contributed by atoms with E-state index in [-0.39, 0.29) is 29.7 Å². The van der Waals surface area contributed by atoms with E-state index in [9.17, 15) is 9.59 Å². The molecule has 2 heterocycles. The van der Waals surface area contributed by atoms with Crippen LogP contribution in [0.3, 0.4) is 0 Å². The van der Waals surface area contributed by atoms with Crippen LogP contribution in [0.25, 0.3) is 0 Å². The first kappa shape index (κ1) is 26.3. The molecule has 2 aliphatic rings. The highest BCUT2D eigenvalue weighted by molar-refractivity contribution is 6.29. The second-order valence-electron chi connectivity index (χ2n) is 9.94. The van der Waals surface area contributed by atoms with Crippen molar-refractivity contribution in [2.45, 2.75) is 18.9 Å². The summed E-state index contributed by atoms with van der Waals surface area (Å²) in [6, 6.07) is 27.9. The van der Waals surface area contributed by atoms with Gasteiger partial charge in [0.05, 0.1) is 13.2 Å². The molecule has 0 radical (unpaired) electrons. The molecular formula is C31H34ClN3O3. The van der Waals surface area contributed by atoms with Crippen LogP contribution in [0.1, 0.15) is 22.3 Å². The molecule has 3 aromatic carbocycles. The van der Waals surface area contributed by atoms with Crippen molar-refractivity contribution in [1.82, 2.24) is 4.90 Å². The molecule has 5 rings (SSSR count). The third kappa shape index (κ3) is 6.03. The number of hydrogen-bond acceptors (Lipinski definition) is 4. The fourth-order valence-corrected chi connectivity index (χ4v) is 5.80. The fourth-order valence-electron chi connectivity index (χ4n) is 5.67. The van der Waals surface area contributed by atoms with E-state index in [2.05, 4.69) is 23.1 Å². The summed E-state index contributed by atoms with van der Waals surface area (Å²) in [7, 11) is 0. The van der Waals surface area contributed by atoms with Gasteiger partial charge in [-0.2, -0.15) is 0 Å². The molecule has 2 amide bonds. The number of anilines is 2. The van der Waals surface area contributed by atoms with E-state index in [0.717, 1.165) is 30.9 Å². The molecule has 2 fully saturated rings. The molecule has 2 atom stereocenters. The van der Waals surface area contributed by atoms with Gasteiger partial charge in [0, 0.05) is 55.1 Å². The van der Waals surface area contributed by atoms with Gasteiger partial charge in [0.2, 0.25) is 5.91 Å². The molecule has 0 N–H and O–H groups in total. The Hall–Kier alpha value is -3.35. The van der Waals surface area contributed by atoms with Crippen molar-refractivity contribution in [1.29, 1.82) is 0 Å². The lowest BCUT2D eigenvalue weighted by molar-refractivity contribution is -0.117. The maximum absolute atomic E-state index is 13.8. The van der Waals surface area contributed by atoms with Crippen LogP contribution in [0.4, 0.5) is 11.4 Å². The molecule has 3 aromatic rings. The monoisotopic (exact) mass is 531 g/mol. The van der Waals surface area contributed by atoms with Gasteiger partial charge >= 0.3 is 0 Å². The summed E-state index contributed by atoms with van der Waals surface area (Å²) < 4.78 is 5.49. The highest BCUT2D eigenvalue weighted by atomic mass is 35.5. The van der Waals surface area contributed by atoms with E-state index in [0.29, 0.717) is 38.3 Å². The van der Waals surface area contributed by atoms with Crippen molar-refractivity contribution in [2.24, 2.45) is 5.92 Å². The zero-order valence-corrected chi connectivity index (χ0v) is 22.3. The molecule has 6 nitrogen and oxygen atoms in total. The molecule has 0 aromatic heterocycles. The number of hydrogen-bond donors (Lipinski definition) is 0. The van der Waals surface area contributed by atoms with Crippen molar-refractivity contribution in [3.05, 3.63) is 96.1 Å². The van der Waals surface area contributed by atoms with Gasteiger partial charge in [0.15, 0.2) is 0 Å². The zero-order chi connectivity index (χ0) is 26.3. The Labute approximate surface area is 229 Å². The predicted octanol–water partition coefficient (Wildman–Crippen LogP) is 4.87. The minimum absolute atomic E-state index is 0.0338. The number of ether oxygens (including phenoxy) is 1. The summed E-state index contributed by atoms with van der Waals surface area (Å²) in [4.78, 5) is 33.0. The van der Waals surface area contributed by atoms with Gasteiger partial charge in [-0.1, -0.05) is 54.6 Å². The molecule has 0 spiro atoms. The Morgan fingerprint density at radius 2 is 1.61 bits per heavy atom. The molecule has 2 aliphatic heterocycles. The summed E-state index contributed by atoms with van der Waals surface area (Å²) in [5.41, 5.74) is 3.79. The molecule has 38 heavy (non-hydrogen) atoms. The van der Waals surface area contributed by atoms with Crippen LogP contribution >= 0.6 is 11.6 Å². The Morgan fingerprint density at radius 3 is 2.32 bits per heavy atom. The van der Waals surface area contributed by atoms with Gasteiger partial charge in [0.25, 0.3) is 5.91 Å². The minimum atomic E-state index is -0.112. The van der Waals surface area contributed by atoms with Gasteiger partial charge in [-0.05, 0) is 48.7 Å². The Bertz CT molecular complexity index is 1220. The standard InChI is InChI=1S/C31H34ClN3O3/c32-22-30(36)35(27-11-5-2-6-12-27)29-14-15-34(23-26(29)20-24-8-3-1-4-9-24)31(37)25-10-7-13-28(21-25)33-16-18-38-19-17-33/h1-13,21,26,29H,14-20,22-23H2. The van der Waals surface area contributed by atoms with Crippen LogP contribution in [0.2, 0.25) is 0 Å². The largest absolute Gasteiger partial charge is 0.378 e. The minimum Gasteiger partial charge on any atom is -0.378 e. The summed E-state index contributed by atoms with van der Waals surface area (Å²) in [5.74, 6) is -0.101. The van der Waals surface area contributed by atoms with E-state index < -0.39 is 0 Å². The number of carbonyl (C=O) groups excluding carboxylic acids is 2. The van der Waals surface area contributed by atoms with Crippen molar-refractivity contribution in [2.75, 3.05) is 55.1 Å². The molecule has 0 bridgehead atoms. The number of nitrogens with zero attached hydrogens (tertiary/aromatic N) is 3. The van der Waals surface area contributed by atoms with Crippen LogP contribution in [0.15, 0.2) is 84.9 Å². The topological polar surface area (TPSA) is 53.1 Å². The molecule has 0 aliphatic carbocycles. The molecule has 2 unspecified atom stereocenters. The fraction of sp³-hybridized carbons (Fsp3) is 0.355. The van der Waals surface area contributed by atoms with E-state index in [1.165, 1.54) is 5.56 Å². The smallest absolute Gasteiger partial charge is 0.253 e. The van der Waals surface area contributed by atoms with Crippen LogP contribution < -0.4 is 9.80 Å². The highest BCUT2D eigenvalue weighted by Gasteiger charge is 2.38. The molecule has 2 saturated heterocycles. The summed E-state index contributed by atoms with van der Waals surface area (Å²) in [5, 5.41) is 0. The number of para-hydroxylation sites is 1. The third-order valence-electron chi connectivity index (χ3n) is 7.54. The second-order valence-corrected chi connectivity index (χ2v) is 10.2. The first-order valence-corrected chi connectivity index (χ1v) is 13.9. The normalized spacial score (nSPS) is 19.7. The van der Waals surface area contributed by atoms with Crippen LogP contribution in [-0.4, -0.2) is 68.0 Å². The summed E-state index contributed by atoms with van der Waals surface area (Å²) in [6.45, 7) is 4.20. The van der Waals surface area contributed by atoms with E-state index in [4.69, 9.17) is 16.3 Å². The van der Waals surface area contributed by atoms with E-state index in [1.807, 2.05) is 76.5 Å².